The maximum atomic E-state index is 13.4. The normalized spacial score (nSPS) is 22.7. The zero-order chi connectivity index (χ0) is 13.8. The molecule has 1 aromatic carbocycles. The first-order valence-electron chi connectivity index (χ1n) is 6.97. The molecule has 1 aliphatic heterocycles. The van der Waals surface area contributed by atoms with Gasteiger partial charge < -0.3 is 15.0 Å². The van der Waals surface area contributed by atoms with Crippen molar-refractivity contribution < 1.29 is 9.13 Å². The number of halogens is 1. The Hall–Kier alpha value is -1.13. The quantitative estimate of drug-likeness (QED) is 0.886. The predicted octanol–water partition coefficient (Wildman–Crippen LogP) is 2.55. The highest BCUT2D eigenvalue weighted by Gasteiger charge is 2.28. The van der Waals surface area contributed by atoms with Crippen molar-refractivity contribution in [3.63, 3.8) is 0 Å². The standard InChI is InChI=1S/C15H23FN2O/c1-4-17-10-12-9-13(16)5-6-15(12)18(3)14-7-8-19-11(14)2/h5-6,9,11,14,17H,4,7-8,10H2,1-3H3. The van der Waals surface area contributed by atoms with Crippen LogP contribution in [0, 0.1) is 5.82 Å². The van der Waals surface area contributed by atoms with Crippen LogP contribution in [0.15, 0.2) is 18.2 Å². The van der Waals surface area contributed by atoms with Gasteiger partial charge in [0.2, 0.25) is 0 Å². The number of anilines is 1. The Balaban J connectivity index is 2.22. The van der Waals surface area contributed by atoms with Crippen LogP contribution >= 0.6 is 0 Å². The van der Waals surface area contributed by atoms with Crippen LogP contribution in [0.2, 0.25) is 0 Å². The van der Waals surface area contributed by atoms with E-state index in [4.69, 9.17) is 4.74 Å². The van der Waals surface area contributed by atoms with Crippen LogP contribution in [-0.4, -0.2) is 32.3 Å². The summed E-state index contributed by atoms with van der Waals surface area (Å²) >= 11 is 0. The van der Waals surface area contributed by atoms with Crippen molar-refractivity contribution in [1.82, 2.24) is 5.32 Å². The van der Waals surface area contributed by atoms with Gasteiger partial charge in [-0.25, -0.2) is 4.39 Å². The third-order valence-electron chi connectivity index (χ3n) is 3.82. The second-order valence-electron chi connectivity index (χ2n) is 5.10. The van der Waals surface area contributed by atoms with Crippen LogP contribution < -0.4 is 10.2 Å². The average molecular weight is 266 g/mol. The molecule has 19 heavy (non-hydrogen) atoms. The van der Waals surface area contributed by atoms with Gasteiger partial charge in [-0.15, -0.1) is 0 Å². The van der Waals surface area contributed by atoms with E-state index < -0.39 is 0 Å². The number of hydrogen-bond acceptors (Lipinski definition) is 3. The number of rotatable bonds is 5. The zero-order valence-electron chi connectivity index (χ0n) is 11.9. The third-order valence-corrected chi connectivity index (χ3v) is 3.82. The molecule has 0 amide bonds. The lowest BCUT2D eigenvalue weighted by Crippen LogP contribution is -2.37. The van der Waals surface area contributed by atoms with E-state index in [1.165, 1.54) is 6.07 Å². The van der Waals surface area contributed by atoms with Crippen LogP contribution in [0.1, 0.15) is 25.8 Å². The number of nitrogens with one attached hydrogen (secondary N) is 1. The molecule has 3 nitrogen and oxygen atoms in total. The van der Waals surface area contributed by atoms with Gasteiger partial charge in [-0.1, -0.05) is 6.92 Å². The van der Waals surface area contributed by atoms with E-state index in [1.54, 1.807) is 6.07 Å². The Labute approximate surface area is 114 Å². The summed E-state index contributed by atoms with van der Waals surface area (Å²) in [7, 11) is 2.07. The fourth-order valence-corrected chi connectivity index (χ4v) is 2.71. The monoisotopic (exact) mass is 266 g/mol. The van der Waals surface area contributed by atoms with Gasteiger partial charge in [-0.2, -0.15) is 0 Å². The molecule has 1 fully saturated rings. The fourth-order valence-electron chi connectivity index (χ4n) is 2.71. The van der Waals surface area contributed by atoms with Crippen molar-refractivity contribution in [2.45, 2.75) is 39.0 Å². The molecule has 0 saturated carbocycles. The lowest BCUT2D eigenvalue weighted by molar-refractivity contribution is 0.118. The SMILES string of the molecule is CCNCc1cc(F)ccc1N(C)C1CCOC1C. The summed E-state index contributed by atoms with van der Waals surface area (Å²) in [5.74, 6) is -0.180. The summed E-state index contributed by atoms with van der Waals surface area (Å²) in [6.45, 7) is 6.52. The maximum Gasteiger partial charge on any atom is 0.123 e. The third kappa shape index (κ3) is 3.25. The Morgan fingerprint density at radius 2 is 2.26 bits per heavy atom. The van der Waals surface area contributed by atoms with Crippen LogP contribution in [-0.2, 0) is 11.3 Å². The van der Waals surface area contributed by atoms with Crippen molar-refractivity contribution in [2.24, 2.45) is 0 Å². The lowest BCUT2D eigenvalue weighted by atomic mass is 10.1. The van der Waals surface area contributed by atoms with Crippen LogP contribution in [0.5, 0.6) is 0 Å². The van der Waals surface area contributed by atoms with Crippen molar-refractivity contribution >= 4 is 5.69 Å². The number of nitrogens with zero attached hydrogens (tertiary/aromatic N) is 1. The molecule has 2 atom stereocenters. The van der Waals surface area contributed by atoms with Gasteiger partial charge >= 0.3 is 0 Å². The largest absolute Gasteiger partial charge is 0.376 e. The summed E-state index contributed by atoms with van der Waals surface area (Å²) in [5, 5.41) is 3.26. The fraction of sp³-hybridized carbons (Fsp3) is 0.600. The summed E-state index contributed by atoms with van der Waals surface area (Å²) in [6.07, 6.45) is 1.25. The number of hydrogen-bond donors (Lipinski definition) is 1. The average Bonchev–Trinajstić information content (AvgIpc) is 2.82. The van der Waals surface area contributed by atoms with E-state index in [1.807, 2.05) is 6.07 Å². The lowest BCUT2D eigenvalue weighted by Gasteiger charge is -2.30. The Bertz CT molecular complexity index is 425. The maximum absolute atomic E-state index is 13.4. The van der Waals surface area contributed by atoms with Gasteiger partial charge in [0.25, 0.3) is 0 Å². The summed E-state index contributed by atoms with van der Waals surface area (Å²) in [6, 6.07) is 5.38. The van der Waals surface area contributed by atoms with Crippen LogP contribution in [0.4, 0.5) is 10.1 Å². The minimum atomic E-state index is -0.180. The highest BCUT2D eigenvalue weighted by molar-refractivity contribution is 5.54. The highest BCUT2D eigenvalue weighted by Crippen LogP contribution is 2.27. The second-order valence-corrected chi connectivity index (χ2v) is 5.10. The molecule has 1 saturated heterocycles. The molecule has 0 bridgehead atoms. The van der Waals surface area contributed by atoms with E-state index in [9.17, 15) is 4.39 Å². The predicted molar refractivity (Wildman–Crippen MR) is 76.0 cm³/mol. The molecule has 1 N–H and O–H groups in total. The number of likely N-dealkylation sites (N-methyl/N-ethyl adjacent to an activating group) is 1. The van der Waals surface area contributed by atoms with E-state index in [2.05, 4.69) is 31.1 Å². The zero-order valence-corrected chi connectivity index (χ0v) is 11.9. The van der Waals surface area contributed by atoms with Crippen molar-refractivity contribution in [3.8, 4) is 0 Å². The number of ether oxygens (including phenoxy) is 1. The first-order chi connectivity index (χ1) is 9.13. The second kappa shape index (κ2) is 6.35. The van der Waals surface area contributed by atoms with E-state index in [0.29, 0.717) is 12.6 Å². The van der Waals surface area contributed by atoms with Gasteiger partial charge in [0.15, 0.2) is 0 Å². The molecule has 106 valence electrons. The van der Waals surface area contributed by atoms with Gasteiger partial charge in [0.05, 0.1) is 12.1 Å². The van der Waals surface area contributed by atoms with Crippen LogP contribution in [0.3, 0.4) is 0 Å². The molecule has 1 aromatic rings. The molecule has 4 heteroatoms. The van der Waals surface area contributed by atoms with Gasteiger partial charge in [0, 0.05) is 25.9 Å². The minimum Gasteiger partial charge on any atom is -0.376 e. The Morgan fingerprint density at radius 1 is 1.47 bits per heavy atom. The molecule has 0 aliphatic carbocycles. The minimum absolute atomic E-state index is 0.180. The van der Waals surface area contributed by atoms with Crippen molar-refractivity contribution in [2.75, 3.05) is 25.1 Å². The summed E-state index contributed by atoms with van der Waals surface area (Å²) < 4.78 is 19.0. The van der Waals surface area contributed by atoms with E-state index >= 15 is 0 Å². The Kier molecular flexibility index (Phi) is 4.77. The first kappa shape index (κ1) is 14.3. The highest BCUT2D eigenvalue weighted by atomic mass is 19.1. The summed E-state index contributed by atoms with van der Waals surface area (Å²) in [5.41, 5.74) is 2.09. The van der Waals surface area contributed by atoms with E-state index in [-0.39, 0.29) is 11.9 Å². The summed E-state index contributed by atoms with van der Waals surface area (Å²) in [4.78, 5) is 2.23. The van der Waals surface area contributed by atoms with Gasteiger partial charge in [-0.05, 0) is 43.7 Å². The van der Waals surface area contributed by atoms with Crippen LogP contribution in [0.25, 0.3) is 0 Å². The topological polar surface area (TPSA) is 24.5 Å². The molecular formula is C15H23FN2O. The Morgan fingerprint density at radius 3 is 2.89 bits per heavy atom. The number of benzene rings is 1. The molecular weight excluding hydrogens is 243 g/mol. The molecule has 2 unspecified atom stereocenters. The molecule has 1 aliphatic rings. The van der Waals surface area contributed by atoms with Crippen molar-refractivity contribution in [1.29, 1.82) is 0 Å². The molecule has 2 rings (SSSR count). The molecule has 0 aromatic heterocycles. The van der Waals surface area contributed by atoms with Gasteiger partial charge in [-0.3, -0.25) is 0 Å². The van der Waals surface area contributed by atoms with Crippen molar-refractivity contribution in [3.05, 3.63) is 29.6 Å². The first-order valence-corrected chi connectivity index (χ1v) is 6.97. The smallest absolute Gasteiger partial charge is 0.123 e. The molecule has 1 heterocycles. The van der Waals surface area contributed by atoms with E-state index in [0.717, 1.165) is 30.8 Å². The molecule has 0 spiro atoms. The van der Waals surface area contributed by atoms with Gasteiger partial charge in [0.1, 0.15) is 5.82 Å². The molecule has 0 radical (unpaired) electrons.